The number of rotatable bonds is 8. The highest BCUT2D eigenvalue weighted by atomic mass is 31.2. The van der Waals surface area contributed by atoms with Gasteiger partial charge in [0.15, 0.2) is 0 Å². The first kappa shape index (κ1) is 13.8. The quantitative estimate of drug-likeness (QED) is 0.495. The first-order valence-electron chi connectivity index (χ1n) is 4.57. The maximum atomic E-state index is 11.8. The van der Waals surface area contributed by atoms with E-state index < -0.39 is 13.7 Å². The third kappa shape index (κ3) is 5.50. The lowest BCUT2D eigenvalue weighted by atomic mass is 10.3. The predicted molar refractivity (Wildman–Crippen MR) is 52.4 cm³/mol. The molecule has 0 saturated carbocycles. The second-order valence-corrected chi connectivity index (χ2v) is 4.79. The minimum atomic E-state index is -3.21. The second-order valence-electron chi connectivity index (χ2n) is 2.69. The molecule has 5 nitrogen and oxygen atoms in total. The molecule has 84 valence electrons. The molecule has 0 heterocycles. The van der Waals surface area contributed by atoms with Crippen molar-refractivity contribution in [1.29, 1.82) is 0 Å². The van der Waals surface area contributed by atoms with Gasteiger partial charge in [-0.2, -0.15) is 0 Å². The molecule has 0 aliphatic rings. The summed E-state index contributed by atoms with van der Waals surface area (Å²) < 4.78 is 21.7. The zero-order chi connectivity index (χ0) is 11.0. The summed E-state index contributed by atoms with van der Waals surface area (Å²) in [6.45, 7) is 3.89. The molecule has 0 aliphatic carbocycles. The van der Waals surface area contributed by atoms with E-state index in [-0.39, 0.29) is 25.8 Å². The molecule has 0 amide bonds. The summed E-state index contributed by atoms with van der Waals surface area (Å²) in [7, 11) is -3.21. The molecule has 0 fully saturated rings. The Morgan fingerprint density at radius 3 is 2.21 bits per heavy atom. The van der Waals surface area contributed by atoms with Crippen molar-refractivity contribution in [3.63, 3.8) is 0 Å². The van der Waals surface area contributed by atoms with Gasteiger partial charge in [-0.3, -0.25) is 4.57 Å². The van der Waals surface area contributed by atoms with Gasteiger partial charge in [0.05, 0.1) is 25.5 Å². The van der Waals surface area contributed by atoms with Crippen LogP contribution in [0, 0.1) is 0 Å². The molecule has 0 aliphatic heterocycles. The molecule has 0 aromatic heterocycles. The zero-order valence-corrected chi connectivity index (χ0v) is 9.40. The van der Waals surface area contributed by atoms with Gasteiger partial charge in [0.1, 0.15) is 6.29 Å². The summed E-state index contributed by atoms with van der Waals surface area (Å²) in [5.41, 5.74) is 0. The van der Waals surface area contributed by atoms with Crippen molar-refractivity contribution in [2.75, 3.05) is 19.4 Å². The maximum absolute atomic E-state index is 11.8. The average molecular weight is 224 g/mol. The normalized spacial score (nSPS) is 13.9. The standard InChI is InChI=1S/C8H17O5P/c1-3-12-14(11,13-4-2)7-8(10)5-6-9/h6,8,10H,3-5,7H2,1-2H3. The SMILES string of the molecule is CCOP(=O)(CC(O)CC=O)OCC. The van der Waals surface area contributed by atoms with Gasteiger partial charge in [0.25, 0.3) is 0 Å². The highest BCUT2D eigenvalue weighted by Crippen LogP contribution is 2.48. The molecule has 1 unspecified atom stereocenters. The molecule has 6 heteroatoms. The van der Waals surface area contributed by atoms with Crippen LogP contribution in [0.15, 0.2) is 0 Å². The maximum Gasteiger partial charge on any atom is 0.333 e. The molecule has 0 rings (SSSR count). The van der Waals surface area contributed by atoms with Gasteiger partial charge in [-0.05, 0) is 13.8 Å². The molecule has 1 N–H and O–H groups in total. The molecule has 0 aromatic carbocycles. The van der Waals surface area contributed by atoms with Gasteiger partial charge in [0, 0.05) is 6.42 Å². The number of aliphatic hydroxyl groups is 1. The number of aliphatic hydroxyl groups excluding tert-OH is 1. The molecular formula is C8H17O5P. The van der Waals surface area contributed by atoms with Crippen LogP contribution < -0.4 is 0 Å². The van der Waals surface area contributed by atoms with Gasteiger partial charge < -0.3 is 18.9 Å². The topological polar surface area (TPSA) is 72.8 Å². The lowest BCUT2D eigenvalue weighted by molar-refractivity contribution is -0.109. The largest absolute Gasteiger partial charge is 0.392 e. The molecular weight excluding hydrogens is 207 g/mol. The van der Waals surface area contributed by atoms with Crippen LogP contribution in [-0.2, 0) is 18.4 Å². The number of hydrogen-bond acceptors (Lipinski definition) is 5. The van der Waals surface area contributed by atoms with Crippen LogP contribution in [0.25, 0.3) is 0 Å². The molecule has 1 atom stereocenters. The molecule has 14 heavy (non-hydrogen) atoms. The Bertz CT molecular complexity index is 196. The van der Waals surface area contributed by atoms with Crippen LogP contribution >= 0.6 is 7.60 Å². The van der Waals surface area contributed by atoms with E-state index in [1.54, 1.807) is 13.8 Å². The minimum Gasteiger partial charge on any atom is -0.392 e. The minimum absolute atomic E-state index is 0.0514. The van der Waals surface area contributed by atoms with E-state index in [2.05, 4.69) is 0 Å². The predicted octanol–water partition coefficient (Wildman–Crippen LogP) is 1.20. The van der Waals surface area contributed by atoms with Gasteiger partial charge in [0.2, 0.25) is 0 Å². The summed E-state index contributed by atoms with van der Waals surface area (Å²) >= 11 is 0. The lowest BCUT2D eigenvalue weighted by Gasteiger charge is -2.18. The molecule has 0 spiro atoms. The fourth-order valence-corrected chi connectivity index (χ4v) is 2.72. The second kappa shape index (κ2) is 7.12. The van der Waals surface area contributed by atoms with Crippen molar-refractivity contribution in [1.82, 2.24) is 0 Å². The Hall–Kier alpha value is -0.220. The molecule has 0 aromatic rings. The van der Waals surface area contributed by atoms with Crippen LogP contribution in [0.3, 0.4) is 0 Å². The van der Waals surface area contributed by atoms with Gasteiger partial charge in [-0.25, -0.2) is 0 Å². The van der Waals surface area contributed by atoms with Gasteiger partial charge in [-0.1, -0.05) is 0 Å². The van der Waals surface area contributed by atoms with Crippen molar-refractivity contribution in [2.24, 2.45) is 0 Å². The summed E-state index contributed by atoms with van der Waals surface area (Å²) in [6.07, 6.45) is -0.568. The van der Waals surface area contributed by atoms with Crippen LogP contribution in [0.5, 0.6) is 0 Å². The van der Waals surface area contributed by atoms with E-state index in [1.807, 2.05) is 0 Å². The van der Waals surface area contributed by atoms with E-state index >= 15 is 0 Å². The summed E-state index contributed by atoms with van der Waals surface area (Å²) in [6, 6.07) is 0. The Labute approximate surface area is 83.9 Å². The Morgan fingerprint density at radius 2 is 1.86 bits per heavy atom. The summed E-state index contributed by atoms with van der Waals surface area (Å²) in [5, 5.41) is 9.27. The highest BCUT2D eigenvalue weighted by Gasteiger charge is 2.27. The Kier molecular flexibility index (Phi) is 7.01. The van der Waals surface area contributed by atoms with Crippen molar-refractivity contribution in [2.45, 2.75) is 26.4 Å². The third-order valence-corrected chi connectivity index (χ3v) is 3.63. The van der Waals surface area contributed by atoms with Crippen LogP contribution in [0.2, 0.25) is 0 Å². The van der Waals surface area contributed by atoms with Crippen LogP contribution in [-0.4, -0.2) is 36.9 Å². The number of hydrogen-bond donors (Lipinski definition) is 1. The number of carbonyl (C=O) groups excluding carboxylic acids is 1. The fraction of sp³-hybridized carbons (Fsp3) is 0.875. The Balaban J connectivity index is 4.20. The third-order valence-electron chi connectivity index (χ3n) is 1.45. The fourth-order valence-electron chi connectivity index (χ4n) is 0.980. The summed E-state index contributed by atoms with van der Waals surface area (Å²) in [4.78, 5) is 10.1. The lowest BCUT2D eigenvalue weighted by Crippen LogP contribution is -2.15. The molecule has 0 radical (unpaired) electrons. The van der Waals surface area contributed by atoms with E-state index in [1.165, 1.54) is 0 Å². The molecule has 0 saturated heterocycles. The van der Waals surface area contributed by atoms with E-state index in [9.17, 15) is 14.5 Å². The number of aldehydes is 1. The first-order valence-corrected chi connectivity index (χ1v) is 6.30. The molecule has 0 bridgehead atoms. The van der Waals surface area contributed by atoms with E-state index in [0.717, 1.165) is 0 Å². The zero-order valence-electron chi connectivity index (χ0n) is 8.51. The smallest absolute Gasteiger partial charge is 0.333 e. The average Bonchev–Trinajstić information content (AvgIpc) is 2.04. The van der Waals surface area contributed by atoms with Crippen molar-refractivity contribution in [3.8, 4) is 0 Å². The van der Waals surface area contributed by atoms with Gasteiger partial charge >= 0.3 is 7.60 Å². The van der Waals surface area contributed by atoms with Gasteiger partial charge in [-0.15, -0.1) is 0 Å². The van der Waals surface area contributed by atoms with Crippen LogP contribution in [0.1, 0.15) is 20.3 Å². The van der Waals surface area contributed by atoms with E-state index in [4.69, 9.17) is 9.05 Å². The Morgan fingerprint density at radius 1 is 1.36 bits per heavy atom. The van der Waals surface area contributed by atoms with Crippen molar-refractivity contribution in [3.05, 3.63) is 0 Å². The first-order chi connectivity index (χ1) is 6.58. The monoisotopic (exact) mass is 224 g/mol. The van der Waals surface area contributed by atoms with Crippen LogP contribution in [0.4, 0.5) is 0 Å². The van der Waals surface area contributed by atoms with Crippen molar-refractivity contribution >= 4 is 13.9 Å². The highest BCUT2D eigenvalue weighted by molar-refractivity contribution is 7.53. The van der Waals surface area contributed by atoms with E-state index in [0.29, 0.717) is 6.29 Å². The van der Waals surface area contributed by atoms with Crippen molar-refractivity contribution < 1.29 is 23.5 Å². The number of carbonyl (C=O) groups is 1. The summed E-state index contributed by atoms with van der Waals surface area (Å²) in [5.74, 6) is 0.